The summed E-state index contributed by atoms with van der Waals surface area (Å²) in [5, 5.41) is 12.5. The molecule has 24 heavy (non-hydrogen) atoms. The lowest BCUT2D eigenvalue weighted by Crippen LogP contribution is -2.46. The van der Waals surface area contributed by atoms with Crippen LogP contribution in [-0.2, 0) is 19.7 Å². The van der Waals surface area contributed by atoms with Crippen LogP contribution in [0.4, 0.5) is 5.69 Å². The van der Waals surface area contributed by atoms with Gasteiger partial charge in [-0.3, -0.25) is 9.59 Å². The molecule has 1 spiro atoms. The third-order valence-electron chi connectivity index (χ3n) is 4.87. The summed E-state index contributed by atoms with van der Waals surface area (Å²) >= 11 is 0. The predicted octanol–water partition coefficient (Wildman–Crippen LogP) is 1.92. The van der Waals surface area contributed by atoms with Crippen LogP contribution in [0.2, 0.25) is 0 Å². The number of ketones is 1. The van der Waals surface area contributed by atoms with Crippen molar-refractivity contribution in [2.45, 2.75) is 31.6 Å². The Kier molecular flexibility index (Phi) is 2.85. The Bertz CT molecular complexity index is 920. The number of Topliss-reactive ketones (excluding diaryl/α,β-unsaturated/α-hetero) is 1. The van der Waals surface area contributed by atoms with Crippen LogP contribution in [0.15, 0.2) is 41.0 Å². The number of aryl methyl sites for hydroxylation is 1. The van der Waals surface area contributed by atoms with Crippen LogP contribution in [0.1, 0.15) is 30.4 Å². The van der Waals surface area contributed by atoms with Crippen molar-refractivity contribution < 1.29 is 14.3 Å². The molecular weight excluding hydrogens is 306 g/mol. The Balaban J connectivity index is 2.13. The first-order valence-electron chi connectivity index (χ1n) is 7.77. The minimum absolute atomic E-state index is 0.0154. The number of fused-ring (bicyclic) bond motifs is 3. The maximum Gasteiger partial charge on any atom is 0.245 e. The van der Waals surface area contributed by atoms with E-state index in [9.17, 15) is 14.9 Å². The number of hydrogen-bond acceptors (Lipinski definition) is 5. The summed E-state index contributed by atoms with van der Waals surface area (Å²) in [6, 6.07) is 7.50. The van der Waals surface area contributed by atoms with Crippen molar-refractivity contribution in [2.75, 3.05) is 5.32 Å². The molecular formula is C18H15N3O3. The van der Waals surface area contributed by atoms with E-state index in [4.69, 9.17) is 10.5 Å². The van der Waals surface area contributed by atoms with Crippen LogP contribution in [0.25, 0.3) is 0 Å². The summed E-state index contributed by atoms with van der Waals surface area (Å²) in [4.78, 5) is 25.7. The molecule has 0 bridgehead atoms. The Hall–Kier alpha value is -3.07. The molecule has 3 N–H and O–H groups in total. The summed E-state index contributed by atoms with van der Waals surface area (Å²) in [7, 11) is 0. The number of nitrogens with two attached hydrogens (primary N) is 1. The van der Waals surface area contributed by atoms with E-state index in [-0.39, 0.29) is 22.8 Å². The average Bonchev–Trinajstić information content (AvgIpc) is 2.81. The van der Waals surface area contributed by atoms with Crippen LogP contribution in [0.5, 0.6) is 0 Å². The smallest absolute Gasteiger partial charge is 0.245 e. The van der Waals surface area contributed by atoms with Gasteiger partial charge in [0.15, 0.2) is 5.78 Å². The van der Waals surface area contributed by atoms with Gasteiger partial charge in [0, 0.05) is 24.1 Å². The monoisotopic (exact) mass is 321 g/mol. The fourth-order valence-electron chi connectivity index (χ4n) is 3.88. The maximum atomic E-state index is 13.0. The van der Waals surface area contributed by atoms with Gasteiger partial charge in [-0.25, -0.2) is 0 Å². The molecule has 0 aromatic heterocycles. The lowest BCUT2D eigenvalue weighted by Gasteiger charge is -2.37. The number of nitrogens with zero attached hydrogens (tertiary/aromatic N) is 1. The van der Waals surface area contributed by atoms with Gasteiger partial charge in [-0.05, 0) is 19.4 Å². The minimum atomic E-state index is -1.49. The number of nitriles is 1. The molecule has 3 aliphatic rings. The van der Waals surface area contributed by atoms with E-state index in [0.29, 0.717) is 36.3 Å². The van der Waals surface area contributed by atoms with Crippen molar-refractivity contribution in [2.24, 2.45) is 5.73 Å². The highest BCUT2D eigenvalue weighted by Gasteiger charge is 2.59. The summed E-state index contributed by atoms with van der Waals surface area (Å²) in [5.41, 5.74) is 6.84. The molecule has 1 atom stereocenters. The van der Waals surface area contributed by atoms with E-state index in [1.807, 2.05) is 25.1 Å². The van der Waals surface area contributed by atoms with E-state index < -0.39 is 11.3 Å². The molecule has 1 aromatic carbocycles. The molecule has 1 amide bonds. The topological polar surface area (TPSA) is 105 Å². The molecule has 0 saturated carbocycles. The second-order valence-corrected chi connectivity index (χ2v) is 6.28. The van der Waals surface area contributed by atoms with Crippen LogP contribution in [0, 0.1) is 18.3 Å². The van der Waals surface area contributed by atoms with Gasteiger partial charge in [0.2, 0.25) is 11.8 Å². The molecule has 0 fully saturated rings. The van der Waals surface area contributed by atoms with Crippen molar-refractivity contribution in [1.82, 2.24) is 0 Å². The summed E-state index contributed by atoms with van der Waals surface area (Å²) in [6.45, 7) is 1.90. The van der Waals surface area contributed by atoms with Gasteiger partial charge in [-0.15, -0.1) is 0 Å². The largest absolute Gasteiger partial charge is 0.444 e. The van der Waals surface area contributed by atoms with Crippen molar-refractivity contribution in [3.63, 3.8) is 0 Å². The van der Waals surface area contributed by atoms with E-state index in [1.54, 1.807) is 6.07 Å². The molecule has 2 heterocycles. The highest BCUT2D eigenvalue weighted by molar-refractivity contribution is 6.19. The first kappa shape index (κ1) is 14.5. The van der Waals surface area contributed by atoms with Gasteiger partial charge in [0.05, 0.1) is 5.57 Å². The fourth-order valence-corrected chi connectivity index (χ4v) is 3.88. The maximum absolute atomic E-state index is 13.0. The van der Waals surface area contributed by atoms with E-state index >= 15 is 0 Å². The number of benzene rings is 1. The van der Waals surface area contributed by atoms with E-state index in [2.05, 4.69) is 5.32 Å². The number of rotatable bonds is 0. The fraction of sp³-hybridized carbons (Fsp3) is 0.278. The third-order valence-corrected chi connectivity index (χ3v) is 4.87. The number of carbonyl (C=O) groups is 2. The van der Waals surface area contributed by atoms with Crippen molar-refractivity contribution in [1.29, 1.82) is 5.26 Å². The molecule has 120 valence electrons. The highest BCUT2D eigenvalue weighted by atomic mass is 16.5. The number of carbonyl (C=O) groups excluding carboxylic acids is 2. The molecule has 0 saturated heterocycles. The number of anilines is 1. The Morgan fingerprint density at radius 1 is 1.33 bits per heavy atom. The third kappa shape index (κ3) is 1.59. The van der Waals surface area contributed by atoms with E-state index in [1.165, 1.54) is 0 Å². The summed E-state index contributed by atoms with van der Waals surface area (Å²) in [6.07, 6.45) is 1.50. The first-order valence-corrected chi connectivity index (χ1v) is 7.77. The van der Waals surface area contributed by atoms with Gasteiger partial charge in [-0.2, -0.15) is 5.26 Å². The second kappa shape index (κ2) is 4.71. The van der Waals surface area contributed by atoms with Crippen molar-refractivity contribution in [3.05, 3.63) is 52.1 Å². The minimum Gasteiger partial charge on any atom is -0.444 e. The molecule has 1 aliphatic carbocycles. The second-order valence-electron chi connectivity index (χ2n) is 6.28. The number of hydrogen-bond donors (Lipinski definition) is 2. The quantitative estimate of drug-likeness (QED) is 0.759. The lowest BCUT2D eigenvalue weighted by molar-refractivity contribution is -0.123. The normalized spacial score (nSPS) is 25.2. The number of ether oxygens (including phenoxy) is 1. The van der Waals surface area contributed by atoms with Gasteiger partial charge >= 0.3 is 0 Å². The average molecular weight is 321 g/mol. The molecule has 0 radical (unpaired) electrons. The van der Waals surface area contributed by atoms with Gasteiger partial charge < -0.3 is 15.8 Å². The van der Waals surface area contributed by atoms with Crippen molar-refractivity contribution >= 4 is 17.4 Å². The van der Waals surface area contributed by atoms with Crippen LogP contribution in [-0.4, -0.2) is 11.7 Å². The highest BCUT2D eigenvalue weighted by Crippen LogP contribution is 2.53. The summed E-state index contributed by atoms with van der Waals surface area (Å²) in [5.74, 6) is -0.280. The lowest BCUT2D eigenvalue weighted by atomic mass is 9.65. The molecule has 6 nitrogen and oxygen atoms in total. The van der Waals surface area contributed by atoms with E-state index in [0.717, 1.165) is 5.56 Å². The zero-order valence-corrected chi connectivity index (χ0v) is 13.1. The van der Waals surface area contributed by atoms with Crippen LogP contribution in [0.3, 0.4) is 0 Å². The van der Waals surface area contributed by atoms with Gasteiger partial charge in [-0.1, -0.05) is 17.7 Å². The number of allylic oxidation sites excluding steroid dienone is 1. The van der Waals surface area contributed by atoms with Crippen LogP contribution >= 0.6 is 0 Å². The number of amides is 1. The number of nitrogens with one attached hydrogen (secondary N) is 1. The predicted molar refractivity (Wildman–Crippen MR) is 85.3 cm³/mol. The van der Waals surface area contributed by atoms with Crippen LogP contribution < -0.4 is 11.1 Å². The molecule has 1 aromatic rings. The van der Waals surface area contributed by atoms with Gasteiger partial charge in [0.25, 0.3) is 0 Å². The zero-order valence-electron chi connectivity index (χ0n) is 13.1. The SMILES string of the molecule is Cc1ccc2c(c1)C1(C(=O)N2)C(C#N)=C(N)OC2=C1C(=O)CCC2. The molecule has 2 aliphatic heterocycles. The molecule has 6 heteroatoms. The molecule has 4 rings (SSSR count). The first-order chi connectivity index (χ1) is 11.5. The van der Waals surface area contributed by atoms with Crippen molar-refractivity contribution in [3.8, 4) is 6.07 Å². The molecule has 1 unspecified atom stereocenters. The Morgan fingerprint density at radius 3 is 2.88 bits per heavy atom. The van der Waals surface area contributed by atoms with Gasteiger partial charge in [0.1, 0.15) is 22.8 Å². The summed E-state index contributed by atoms with van der Waals surface area (Å²) < 4.78 is 5.56. The zero-order chi connectivity index (χ0) is 17.1. The Labute approximate surface area is 138 Å². The standard InChI is InChI=1S/C18H15N3O3/c1-9-5-6-12-10(7-9)18(17(23)21-12)11(8-19)16(20)24-14-4-2-3-13(22)15(14)18/h5-7H,2-4,20H2,1H3,(H,21,23). The Morgan fingerprint density at radius 2 is 2.12 bits per heavy atom.